The van der Waals surface area contributed by atoms with E-state index in [4.69, 9.17) is 9.47 Å². The molecule has 1 N–H and O–H groups in total. The van der Waals surface area contributed by atoms with Crippen LogP contribution in [-0.4, -0.2) is 60.4 Å². The van der Waals surface area contributed by atoms with E-state index in [2.05, 4.69) is 15.5 Å². The highest BCUT2D eigenvalue weighted by molar-refractivity contribution is 5.61. The van der Waals surface area contributed by atoms with Crippen LogP contribution in [0.1, 0.15) is 18.2 Å². The topological polar surface area (TPSA) is 81.5 Å². The third kappa shape index (κ3) is 2.64. The van der Waals surface area contributed by atoms with Gasteiger partial charge in [0.1, 0.15) is 23.0 Å². The van der Waals surface area contributed by atoms with Crippen molar-refractivity contribution in [1.82, 2.24) is 19.7 Å². The molecule has 1 aromatic heterocycles. The Bertz CT molecular complexity index is 708. The molecule has 1 aromatic carbocycles. The van der Waals surface area contributed by atoms with E-state index in [-0.39, 0.29) is 5.92 Å². The first-order valence-corrected chi connectivity index (χ1v) is 7.77. The van der Waals surface area contributed by atoms with Crippen molar-refractivity contribution < 1.29 is 14.3 Å². The fraction of sp³-hybridized carbons (Fsp3) is 0.438. The maximum absolute atomic E-state index is 11.0. The fourth-order valence-electron chi connectivity index (χ4n) is 3.09. The number of likely N-dealkylation sites (tertiary alicyclic amines) is 1. The van der Waals surface area contributed by atoms with Crippen LogP contribution < -0.4 is 14.8 Å². The quantitative estimate of drug-likeness (QED) is 0.803. The summed E-state index contributed by atoms with van der Waals surface area (Å²) in [6.45, 7) is 1.35. The van der Waals surface area contributed by atoms with Gasteiger partial charge in [0.05, 0.1) is 14.2 Å². The number of methoxy groups -OCH3 is 2. The standard InChI is InChI=1S/C16H21N5O3/c1-17-16-19-18-15(11-7-8-20(9-11)10-22)21(16)14-12(23-2)5-4-6-13(14)24-3/h4-6,10-11H,7-9H2,1-3H3,(H,17,19). The summed E-state index contributed by atoms with van der Waals surface area (Å²) in [5.74, 6) is 2.82. The molecular weight excluding hydrogens is 310 g/mol. The largest absolute Gasteiger partial charge is 0.494 e. The van der Waals surface area contributed by atoms with E-state index in [1.54, 1.807) is 26.2 Å². The van der Waals surface area contributed by atoms with Gasteiger partial charge in [-0.1, -0.05) is 6.07 Å². The predicted octanol–water partition coefficient (Wildman–Crippen LogP) is 1.27. The second-order valence-electron chi connectivity index (χ2n) is 5.56. The Balaban J connectivity index is 2.14. The molecular formula is C16H21N5O3. The molecule has 2 heterocycles. The summed E-state index contributed by atoms with van der Waals surface area (Å²) in [5.41, 5.74) is 0.747. The average Bonchev–Trinajstić information content (AvgIpc) is 3.26. The SMILES string of the molecule is CNc1nnc(C2CCN(C=O)C2)n1-c1c(OC)cccc1OC. The molecule has 2 aromatic rings. The van der Waals surface area contributed by atoms with Crippen LogP contribution in [-0.2, 0) is 4.79 Å². The molecule has 0 spiro atoms. The Morgan fingerprint density at radius 2 is 1.96 bits per heavy atom. The summed E-state index contributed by atoms with van der Waals surface area (Å²) in [5, 5.41) is 11.7. The van der Waals surface area contributed by atoms with Gasteiger partial charge in [0.25, 0.3) is 0 Å². The summed E-state index contributed by atoms with van der Waals surface area (Å²) in [7, 11) is 5.02. The lowest BCUT2D eigenvalue weighted by atomic mass is 10.1. The first-order valence-electron chi connectivity index (χ1n) is 7.77. The molecule has 1 aliphatic heterocycles. The van der Waals surface area contributed by atoms with E-state index in [0.717, 1.165) is 30.9 Å². The highest BCUT2D eigenvalue weighted by Gasteiger charge is 2.30. The molecule has 1 unspecified atom stereocenters. The molecule has 0 bridgehead atoms. The van der Waals surface area contributed by atoms with E-state index >= 15 is 0 Å². The summed E-state index contributed by atoms with van der Waals surface area (Å²) < 4.78 is 13.0. The van der Waals surface area contributed by atoms with Gasteiger partial charge in [0.15, 0.2) is 0 Å². The number of nitrogens with zero attached hydrogens (tertiary/aromatic N) is 4. The van der Waals surface area contributed by atoms with Gasteiger partial charge in [-0.05, 0) is 18.6 Å². The van der Waals surface area contributed by atoms with Crippen molar-refractivity contribution in [3.05, 3.63) is 24.0 Å². The van der Waals surface area contributed by atoms with Gasteiger partial charge in [-0.3, -0.25) is 9.36 Å². The number of nitrogens with one attached hydrogen (secondary N) is 1. The van der Waals surface area contributed by atoms with Crippen LogP contribution >= 0.6 is 0 Å². The van der Waals surface area contributed by atoms with Crippen LogP contribution in [0.4, 0.5) is 5.95 Å². The second-order valence-corrected chi connectivity index (χ2v) is 5.56. The molecule has 0 aliphatic carbocycles. The van der Waals surface area contributed by atoms with Crippen molar-refractivity contribution in [2.45, 2.75) is 12.3 Å². The smallest absolute Gasteiger partial charge is 0.229 e. The average molecular weight is 331 g/mol. The lowest BCUT2D eigenvalue weighted by Gasteiger charge is -2.18. The number of ether oxygens (including phenoxy) is 2. The molecule has 1 fully saturated rings. The number of anilines is 1. The number of hydrogen-bond donors (Lipinski definition) is 1. The number of hydrogen-bond acceptors (Lipinski definition) is 6. The lowest BCUT2D eigenvalue weighted by molar-refractivity contribution is -0.117. The van der Waals surface area contributed by atoms with Gasteiger partial charge in [-0.15, -0.1) is 10.2 Å². The second kappa shape index (κ2) is 6.77. The van der Waals surface area contributed by atoms with E-state index in [9.17, 15) is 4.79 Å². The summed E-state index contributed by atoms with van der Waals surface area (Å²) in [4.78, 5) is 12.8. The Morgan fingerprint density at radius 1 is 1.25 bits per heavy atom. The first-order chi connectivity index (χ1) is 11.7. The molecule has 128 valence electrons. The summed E-state index contributed by atoms with van der Waals surface area (Å²) in [6, 6.07) is 5.61. The molecule has 1 amide bonds. The van der Waals surface area contributed by atoms with Crippen molar-refractivity contribution in [1.29, 1.82) is 0 Å². The van der Waals surface area contributed by atoms with Crippen LogP contribution in [0.2, 0.25) is 0 Å². The van der Waals surface area contributed by atoms with Crippen LogP contribution in [0.3, 0.4) is 0 Å². The number of carbonyl (C=O) groups is 1. The highest BCUT2D eigenvalue weighted by Crippen LogP contribution is 2.37. The Morgan fingerprint density at radius 3 is 2.50 bits per heavy atom. The highest BCUT2D eigenvalue weighted by atomic mass is 16.5. The van der Waals surface area contributed by atoms with Gasteiger partial charge in [-0.25, -0.2) is 0 Å². The molecule has 1 aliphatic rings. The van der Waals surface area contributed by atoms with Crippen molar-refractivity contribution in [3.63, 3.8) is 0 Å². The van der Waals surface area contributed by atoms with Crippen molar-refractivity contribution in [2.24, 2.45) is 0 Å². The summed E-state index contributed by atoms with van der Waals surface area (Å²) >= 11 is 0. The van der Waals surface area contributed by atoms with E-state index in [1.807, 2.05) is 22.8 Å². The van der Waals surface area contributed by atoms with Gasteiger partial charge in [0, 0.05) is 26.1 Å². The molecule has 0 radical (unpaired) electrons. The molecule has 1 saturated heterocycles. The molecule has 1 atom stereocenters. The van der Waals surface area contributed by atoms with Crippen LogP contribution in [0.25, 0.3) is 5.69 Å². The minimum Gasteiger partial charge on any atom is -0.494 e. The zero-order valence-electron chi connectivity index (χ0n) is 14.0. The van der Waals surface area contributed by atoms with E-state index < -0.39 is 0 Å². The van der Waals surface area contributed by atoms with Gasteiger partial charge in [-0.2, -0.15) is 0 Å². The first kappa shape index (κ1) is 16.1. The summed E-state index contributed by atoms with van der Waals surface area (Å²) in [6.07, 6.45) is 1.72. The van der Waals surface area contributed by atoms with Gasteiger partial charge in [0.2, 0.25) is 12.4 Å². The van der Waals surface area contributed by atoms with Crippen molar-refractivity contribution in [2.75, 3.05) is 39.7 Å². The maximum atomic E-state index is 11.0. The predicted molar refractivity (Wildman–Crippen MR) is 89.0 cm³/mol. The monoisotopic (exact) mass is 331 g/mol. The van der Waals surface area contributed by atoms with Gasteiger partial charge >= 0.3 is 0 Å². The lowest BCUT2D eigenvalue weighted by Crippen LogP contribution is -2.19. The number of rotatable bonds is 6. The Hall–Kier alpha value is -2.77. The van der Waals surface area contributed by atoms with E-state index in [1.165, 1.54) is 0 Å². The maximum Gasteiger partial charge on any atom is 0.229 e. The van der Waals surface area contributed by atoms with Crippen LogP contribution in [0, 0.1) is 0 Å². The normalized spacial score (nSPS) is 17.0. The molecule has 3 rings (SSSR count). The number of aromatic nitrogens is 3. The number of benzene rings is 1. The molecule has 8 heteroatoms. The molecule has 24 heavy (non-hydrogen) atoms. The zero-order chi connectivity index (χ0) is 17.1. The van der Waals surface area contributed by atoms with Crippen molar-refractivity contribution >= 4 is 12.4 Å². The third-order valence-electron chi connectivity index (χ3n) is 4.27. The van der Waals surface area contributed by atoms with Crippen LogP contribution in [0.15, 0.2) is 18.2 Å². The Labute approximate surface area is 140 Å². The minimum atomic E-state index is 0.111. The van der Waals surface area contributed by atoms with E-state index in [0.29, 0.717) is 24.0 Å². The van der Waals surface area contributed by atoms with Crippen LogP contribution in [0.5, 0.6) is 11.5 Å². The Kier molecular flexibility index (Phi) is 4.54. The third-order valence-corrected chi connectivity index (χ3v) is 4.27. The fourth-order valence-corrected chi connectivity index (χ4v) is 3.09. The van der Waals surface area contributed by atoms with Crippen molar-refractivity contribution in [3.8, 4) is 17.2 Å². The minimum absolute atomic E-state index is 0.111. The van der Waals surface area contributed by atoms with Gasteiger partial charge < -0.3 is 19.7 Å². The number of para-hydroxylation sites is 1. The molecule has 0 saturated carbocycles. The number of amides is 1. The number of carbonyl (C=O) groups excluding carboxylic acids is 1. The zero-order valence-corrected chi connectivity index (χ0v) is 14.0. The molecule has 8 nitrogen and oxygen atoms in total.